The van der Waals surface area contributed by atoms with E-state index < -0.39 is 0 Å². The molecule has 0 aliphatic carbocycles. The van der Waals surface area contributed by atoms with Gasteiger partial charge in [0.15, 0.2) is 11.6 Å². The molecule has 1 amide bonds. The van der Waals surface area contributed by atoms with Crippen LogP contribution in [0, 0.1) is 13.8 Å². The Hall–Kier alpha value is -3.17. The summed E-state index contributed by atoms with van der Waals surface area (Å²) < 4.78 is 5.27. The fourth-order valence-corrected chi connectivity index (χ4v) is 3.83. The number of benzene rings is 2. The van der Waals surface area contributed by atoms with Crippen LogP contribution in [0.25, 0.3) is 11.4 Å². The van der Waals surface area contributed by atoms with Gasteiger partial charge in [0.25, 0.3) is 0 Å². The van der Waals surface area contributed by atoms with E-state index in [4.69, 9.17) is 16.1 Å². The number of hydrogen-bond acceptors (Lipinski definition) is 7. The van der Waals surface area contributed by atoms with Gasteiger partial charge < -0.3 is 9.84 Å². The smallest absolute Gasteiger partial charge is 0.227 e. The number of H-pyrrole nitrogens is 1. The summed E-state index contributed by atoms with van der Waals surface area (Å²) in [5, 5.41) is 15.1. The summed E-state index contributed by atoms with van der Waals surface area (Å²) in [5.41, 5.74) is 3.72. The van der Waals surface area contributed by atoms with Gasteiger partial charge in [0, 0.05) is 24.1 Å². The zero-order chi connectivity index (χ0) is 22.5. The SMILES string of the molecule is Cc1ccc(C)c(NC(=O)CCc2nc(CSc3n[nH]c(-c4ccccc4Cl)n3)no2)c1. The first-order valence-electron chi connectivity index (χ1n) is 9.96. The number of aromatic nitrogens is 5. The summed E-state index contributed by atoms with van der Waals surface area (Å²) in [6.45, 7) is 3.95. The van der Waals surface area contributed by atoms with Gasteiger partial charge in [-0.25, -0.2) is 4.98 Å². The molecule has 2 aromatic heterocycles. The van der Waals surface area contributed by atoms with Crippen molar-refractivity contribution in [2.45, 2.75) is 37.6 Å². The Labute approximate surface area is 194 Å². The molecule has 0 fully saturated rings. The first-order chi connectivity index (χ1) is 15.5. The second kappa shape index (κ2) is 9.97. The third-order valence-corrected chi connectivity index (χ3v) is 5.84. The molecular weight excluding hydrogens is 448 g/mol. The summed E-state index contributed by atoms with van der Waals surface area (Å²) in [6, 6.07) is 13.4. The second-order valence-electron chi connectivity index (χ2n) is 7.21. The fourth-order valence-electron chi connectivity index (χ4n) is 2.97. The van der Waals surface area contributed by atoms with E-state index in [0.717, 1.165) is 22.4 Å². The first-order valence-corrected chi connectivity index (χ1v) is 11.3. The molecule has 0 spiro atoms. The van der Waals surface area contributed by atoms with Gasteiger partial charge in [-0.05, 0) is 43.2 Å². The Bertz CT molecular complexity index is 1240. The van der Waals surface area contributed by atoms with E-state index in [2.05, 4.69) is 30.6 Å². The molecule has 0 aliphatic heterocycles. The molecule has 0 radical (unpaired) electrons. The number of thioether (sulfide) groups is 1. The molecule has 32 heavy (non-hydrogen) atoms. The minimum atomic E-state index is -0.0966. The Kier molecular flexibility index (Phi) is 6.87. The summed E-state index contributed by atoms with van der Waals surface area (Å²) >= 11 is 7.58. The molecule has 0 aliphatic rings. The van der Waals surface area contributed by atoms with Gasteiger partial charge in [-0.15, -0.1) is 5.10 Å². The molecule has 0 bridgehead atoms. The molecule has 2 N–H and O–H groups in total. The van der Waals surface area contributed by atoms with Crippen molar-refractivity contribution >= 4 is 35.0 Å². The molecule has 4 aromatic rings. The Morgan fingerprint density at radius 2 is 2.03 bits per heavy atom. The van der Waals surface area contributed by atoms with Crippen molar-refractivity contribution in [3.63, 3.8) is 0 Å². The number of aromatic amines is 1. The maximum Gasteiger partial charge on any atom is 0.227 e. The summed E-state index contributed by atoms with van der Waals surface area (Å²) in [4.78, 5) is 21.1. The monoisotopic (exact) mass is 468 g/mol. The Morgan fingerprint density at radius 3 is 2.88 bits per heavy atom. The molecule has 0 unspecified atom stereocenters. The van der Waals surface area contributed by atoms with E-state index >= 15 is 0 Å². The lowest BCUT2D eigenvalue weighted by Gasteiger charge is -2.08. The van der Waals surface area contributed by atoms with Gasteiger partial charge in [0.1, 0.15) is 0 Å². The van der Waals surface area contributed by atoms with Crippen LogP contribution >= 0.6 is 23.4 Å². The zero-order valence-electron chi connectivity index (χ0n) is 17.6. The number of hydrogen-bond donors (Lipinski definition) is 2. The van der Waals surface area contributed by atoms with Crippen LogP contribution in [0.2, 0.25) is 5.02 Å². The van der Waals surface area contributed by atoms with Gasteiger partial charge in [-0.1, -0.05) is 52.8 Å². The number of aryl methyl sites for hydroxylation is 3. The third-order valence-electron chi connectivity index (χ3n) is 4.67. The molecule has 4 rings (SSSR count). The second-order valence-corrected chi connectivity index (χ2v) is 8.56. The lowest BCUT2D eigenvalue weighted by Crippen LogP contribution is -2.13. The molecule has 8 nitrogen and oxygen atoms in total. The van der Waals surface area contributed by atoms with Gasteiger partial charge in [-0.3, -0.25) is 9.89 Å². The van der Waals surface area contributed by atoms with Crippen molar-refractivity contribution in [2.24, 2.45) is 0 Å². The predicted octanol–water partition coefficient (Wildman–Crippen LogP) is 4.99. The number of carbonyl (C=O) groups is 1. The minimum Gasteiger partial charge on any atom is -0.339 e. The van der Waals surface area contributed by atoms with Gasteiger partial charge in [-0.2, -0.15) is 4.98 Å². The quantitative estimate of drug-likeness (QED) is 0.350. The number of anilines is 1. The lowest BCUT2D eigenvalue weighted by molar-refractivity contribution is -0.116. The van der Waals surface area contributed by atoms with Gasteiger partial charge >= 0.3 is 0 Å². The highest BCUT2D eigenvalue weighted by molar-refractivity contribution is 7.98. The van der Waals surface area contributed by atoms with Crippen LogP contribution in [0.3, 0.4) is 0 Å². The van der Waals surface area contributed by atoms with E-state index in [0.29, 0.717) is 39.9 Å². The molecule has 2 aromatic carbocycles. The highest BCUT2D eigenvalue weighted by atomic mass is 35.5. The van der Waals surface area contributed by atoms with E-state index in [9.17, 15) is 4.79 Å². The van der Waals surface area contributed by atoms with E-state index in [1.165, 1.54) is 11.8 Å². The average molecular weight is 469 g/mol. The Morgan fingerprint density at radius 1 is 1.19 bits per heavy atom. The van der Waals surface area contributed by atoms with Crippen LogP contribution in [0.15, 0.2) is 52.1 Å². The third kappa shape index (κ3) is 5.54. The van der Waals surface area contributed by atoms with Crippen molar-refractivity contribution in [2.75, 3.05) is 5.32 Å². The van der Waals surface area contributed by atoms with E-state index in [-0.39, 0.29) is 12.3 Å². The van der Waals surface area contributed by atoms with Gasteiger partial charge in [0.2, 0.25) is 17.0 Å². The number of nitrogens with zero attached hydrogens (tertiary/aromatic N) is 4. The van der Waals surface area contributed by atoms with E-state index in [1.807, 2.05) is 50.2 Å². The van der Waals surface area contributed by atoms with Crippen molar-refractivity contribution in [1.82, 2.24) is 25.3 Å². The summed E-state index contributed by atoms with van der Waals surface area (Å²) in [7, 11) is 0. The molecule has 164 valence electrons. The molecular formula is C22H21ClN6O2S. The maximum absolute atomic E-state index is 12.3. The van der Waals surface area contributed by atoms with Crippen molar-refractivity contribution in [3.05, 3.63) is 70.3 Å². The maximum atomic E-state index is 12.3. The van der Waals surface area contributed by atoms with Crippen LogP contribution in [0.5, 0.6) is 0 Å². The molecule has 0 atom stereocenters. The number of amides is 1. The van der Waals surface area contributed by atoms with Crippen molar-refractivity contribution in [1.29, 1.82) is 0 Å². The highest BCUT2D eigenvalue weighted by Gasteiger charge is 2.13. The van der Waals surface area contributed by atoms with E-state index in [1.54, 1.807) is 6.07 Å². The van der Waals surface area contributed by atoms with Crippen LogP contribution in [0.4, 0.5) is 5.69 Å². The van der Waals surface area contributed by atoms with Crippen LogP contribution in [0.1, 0.15) is 29.3 Å². The van der Waals surface area contributed by atoms with Crippen LogP contribution < -0.4 is 5.32 Å². The first kappa shape index (κ1) is 22.0. The highest BCUT2D eigenvalue weighted by Crippen LogP contribution is 2.26. The number of nitrogens with one attached hydrogen (secondary N) is 2. The number of carbonyl (C=O) groups excluding carboxylic acids is 1. The van der Waals surface area contributed by atoms with Crippen molar-refractivity contribution < 1.29 is 9.32 Å². The lowest BCUT2D eigenvalue weighted by atomic mass is 10.1. The number of rotatable bonds is 8. The largest absolute Gasteiger partial charge is 0.339 e. The van der Waals surface area contributed by atoms with Gasteiger partial charge in [0.05, 0.1) is 10.8 Å². The summed E-state index contributed by atoms with van der Waals surface area (Å²) in [6.07, 6.45) is 0.621. The molecule has 2 heterocycles. The topological polar surface area (TPSA) is 110 Å². The number of halogens is 1. The average Bonchev–Trinajstić information content (AvgIpc) is 3.43. The molecule has 0 saturated carbocycles. The van der Waals surface area contributed by atoms with Crippen molar-refractivity contribution in [3.8, 4) is 11.4 Å². The molecule has 10 heteroatoms. The predicted molar refractivity (Wildman–Crippen MR) is 124 cm³/mol. The van der Waals surface area contributed by atoms with Crippen LogP contribution in [-0.2, 0) is 17.0 Å². The fraction of sp³-hybridized carbons (Fsp3) is 0.227. The minimum absolute atomic E-state index is 0.0966. The standard InChI is InChI=1S/C22H21ClN6O2S/c1-13-7-8-14(2)17(11-13)24-19(30)9-10-20-25-18(29-31-20)12-32-22-26-21(27-28-22)15-5-3-4-6-16(15)23/h3-8,11H,9-10,12H2,1-2H3,(H,24,30)(H,26,27,28). The summed E-state index contributed by atoms with van der Waals surface area (Å²) in [5.74, 6) is 1.88. The Balaban J connectivity index is 1.28. The zero-order valence-corrected chi connectivity index (χ0v) is 19.1. The normalized spacial score (nSPS) is 11.0. The molecule has 0 saturated heterocycles. The van der Waals surface area contributed by atoms with Crippen LogP contribution in [-0.4, -0.2) is 31.2 Å².